The van der Waals surface area contributed by atoms with Crippen molar-refractivity contribution in [2.45, 2.75) is 25.8 Å². The molecule has 0 aliphatic heterocycles. The van der Waals surface area contributed by atoms with Crippen LogP contribution in [0.1, 0.15) is 39.7 Å². The van der Waals surface area contributed by atoms with Gasteiger partial charge in [0.05, 0.1) is 29.7 Å². The molecule has 0 radical (unpaired) electrons. The first-order valence-corrected chi connectivity index (χ1v) is 9.70. The summed E-state index contributed by atoms with van der Waals surface area (Å²) >= 11 is 1.27. The minimum atomic E-state index is -0.148. The number of hydrogen-bond donors (Lipinski definition) is 1. The Morgan fingerprint density at radius 1 is 1.33 bits per heavy atom. The van der Waals surface area contributed by atoms with Crippen LogP contribution in [0, 0.1) is 12.8 Å². The van der Waals surface area contributed by atoms with Gasteiger partial charge in [0.2, 0.25) is 0 Å². The number of nitrogens with one attached hydrogen (secondary N) is 1. The first-order valence-electron chi connectivity index (χ1n) is 8.89. The molecule has 7 heteroatoms. The molecule has 1 unspecified atom stereocenters. The van der Waals surface area contributed by atoms with Crippen LogP contribution in [-0.2, 0) is 7.05 Å². The van der Waals surface area contributed by atoms with E-state index in [1.54, 1.807) is 14.2 Å². The number of thiophene rings is 1. The van der Waals surface area contributed by atoms with Gasteiger partial charge < -0.3 is 14.6 Å². The number of amides is 1. The van der Waals surface area contributed by atoms with Gasteiger partial charge in [-0.2, -0.15) is 0 Å². The molecular weight excluding hydrogens is 362 g/mol. The largest absolute Gasteiger partial charge is 0.497 e. The quantitative estimate of drug-likeness (QED) is 0.734. The molecule has 1 fully saturated rings. The summed E-state index contributed by atoms with van der Waals surface area (Å²) in [6.45, 7) is 1.82. The highest BCUT2D eigenvalue weighted by Gasteiger charge is 2.34. The van der Waals surface area contributed by atoms with Gasteiger partial charge in [-0.3, -0.25) is 9.59 Å². The Bertz CT molecular complexity index is 1060. The van der Waals surface area contributed by atoms with Gasteiger partial charge in [-0.05, 0) is 48.9 Å². The van der Waals surface area contributed by atoms with Gasteiger partial charge in [0.1, 0.15) is 10.6 Å². The number of nitrogens with zero attached hydrogens (tertiary/aromatic N) is 2. The van der Waals surface area contributed by atoms with Gasteiger partial charge >= 0.3 is 0 Å². The minimum Gasteiger partial charge on any atom is -0.497 e. The Balaban J connectivity index is 1.65. The summed E-state index contributed by atoms with van der Waals surface area (Å²) < 4.78 is 6.66. The lowest BCUT2D eigenvalue weighted by Gasteiger charge is -2.19. The molecule has 4 rings (SSSR count). The predicted molar refractivity (Wildman–Crippen MR) is 106 cm³/mol. The zero-order chi connectivity index (χ0) is 19.1. The van der Waals surface area contributed by atoms with Crippen molar-refractivity contribution in [1.29, 1.82) is 0 Å². The number of methoxy groups -OCH3 is 1. The van der Waals surface area contributed by atoms with Gasteiger partial charge in [0, 0.05) is 7.05 Å². The molecule has 1 aliphatic rings. The molecule has 140 valence electrons. The summed E-state index contributed by atoms with van der Waals surface area (Å²) in [5, 5.41) is 3.71. The van der Waals surface area contributed by atoms with Crippen LogP contribution < -0.4 is 15.6 Å². The van der Waals surface area contributed by atoms with Crippen LogP contribution in [-0.4, -0.2) is 22.6 Å². The molecule has 1 amide bonds. The van der Waals surface area contributed by atoms with E-state index in [-0.39, 0.29) is 17.5 Å². The molecule has 0 spiro atoms. The van der Waals surface area contributed by atoms with Crippen molar-refractivity contribution in [2.24, 2.45) is 13.0 Å². The maximum atomic E-state index is 13.0. The van der Waals surface area contributed by atoms with Crippen LogP contribution in [0.4, 0.5) is 0 Å². The Labute approximate surface area is 160 Å². The van der Waals surface area contributed by atoms with Crippen molar-refractivity contribution < 1.29 is 9.53 Å². The molecule has 1 N–H and O–H groups in total. The Morgan fingerprint density at radius 2 is 2.04 bits per heavy atom. The third kappa shape index (κ3) is 3.23. The molecular formula is C20H21N3O3S. The summed E-state index contributed by atoms with van der Waals surface area (Å²) in [5.74, 6) is 1.09. The van der Waals surface area contributed by atoms with E-state index in [2.05, 4.69) is 10.3 Å². The maximum Gasteiger partial charge on any atom is 0.262 e. The molecule has 0 saturated heterocycles. The summed E-state index contributed by atoms with van der Waals surface area (Å²) in [4.78, 5) is 30.9. The highest BCUT2D eigenvalue weighted by atomic mass is 32.1. The van der Waals surface area contributed by atoms with Gasteiger partial charge in [-0.15, -0.1) is 11.3 Å². The number of carbonyl (C=O) groups excluding carboxylic acids is 1. The SMILES string of the molecule is COc1ccc(C(NC(=O)c2sc3ncn(C)c(=O)c3c2C)C2CC2)cc1. The second kappa shape index (κ2) is 6.81. The van der Waals surface area contributed by atoms with E-state index in [0.717, 1.165) is 24.2 Å². The molecule has 1 aromatic carbocycles. The highest BCUT2D eigenvalue weighted by molar-refractivity contribution is 7.20. The third-order valence-electron chi connectivity index (χ3n) is 5.07. The van der Waals surface area contributed by atoms with Gasteiger partial charge in [-0.25, -0.2) is 4.98 Å². The van der Waals surface area contributed by atoms with Crippen LogP contribution >= 0.6 is 11.3 Å². The normalized spacial score (nSPS) is 14.9. The van der Waals surface area contributed by atoms with Crippen LogP contribution in [0.5, 0.6) is 5.75 Å². The minimum absolute atomic E-state index is 0.0381. The van der Waals surface area contributed by atoms with E-state index in [1.807, 2.05) is 31.2 Å². The first-order chi connectivity index (χ1) is 13.0. The van der Waals surface area contributed by atoms with E-state index < -0.39 is 0 Å². The van der Waals surface area contributed by atoms with Crippen molar-refractivity contribution in [1.82, 2.24) is 14.9 Å². The monoisotopic (exact) mass is 383 g/mol. The second-order valence-electron chi connectivity index (χ2n) is 6.96. The van der Waals surface area contributed by atoms with E-state index in [4.69, 9.17) is 4.74 Å². The summed E-state index contributed by atoms with van der Waals surface area (Å²) in [5.41, 5.74) is 1.65. The number of aryl methyl sites for hydroxylation is 2. The van der Waals surface area contributed by atoms with Crippen molar-refractivity contribution in [3.63, 3.8) is 0 Å². The first kappa shape index (κ1) is 17.7. The van der Waals surface area contributed by atoms with E-state index in [0.29, 0.717) is 26.6 Å². The molecule has 1 aliphatic carbocycles. The number of ether oxygens (including phenoxy) is 1. The van der Waals surface area contributed by atoms with E-state index in [9.17, 15) is 9.59 Å². The molecule has 3 aromatic rings. The van der Waals surface area contributed by atoms with E-state index in [1.165, 1.54) is 22.2 Å². The molecule has 2 aromatic heterocycles. The zero-order valence-electron chi connectivity index (χ0n) is 15.5. The lowest BCUT2D eigenvalue weighted by Crippen LogP contribution is -2.29. The fraction of sp³-hybridized carbons (Fsp3) is 0.350. The summed E-state index contributed by atoms with van der Waals surface area (Å²) in [6, 6.07) is 7.78. The van der Waals surface area contributed by atoms with Gasteiger partial charge in [0.25, 0.3) is 11.5 Å². The van der Waals surface area contributed by atoms with Crippen LogP contribution in [0.25, 0.3) is 10.2 Å². The summed E-state index contributed by atoms with van der Waals surface area (Å²) in [6.07, 6.45) is 3.70. The third-order valence-corrected chi connectivity index (χ3v) is 6.27. The number of carbonyl (C=O) groups is 1. The molecule has 6 nitrogen and oxygen atoms in total. The van der Waals surface area contributed by atoms with Crippen LogP contribution in [0.2, 0.25) is 0 Å². The standard InChI is InChI=1S/C20H21N3O3S/c1-11-15-19(21-10-23(2)20(15)25)27-17(11)18(24)22-16(12-4-5-12)13-6-8-14(26-3)9-7-13/h6-10,12,16H,4-5H2,1-3H3,(H,22,24). The summed E-state index contributed by atoms with van der Waals surface area (Å²) in [7, 11) is 3.30. The molecule has 2 heterocycles. The average Bonchev–Trinajstić information content (AvgIpc) is 3.46. The Hall–Kier alpha value is -2.67. The van der Waals surface area contributed by atoms with Gasteiger partial charge in [-0.1, -0.05) is 12.1 Å². The lowest BCUT2D eigenvalue weighted by atomic mass is 10.0. The highest BCUT2D eigenvalue weighted by Crippen LogP contribution is 2.41. The topological polar surface area (TPSA) is 73.2 Å². The Kier molecular flexibility index (Phi) is 4.47. The Morgan fingerprint density at radius 3 is 2.67 bits per heavy atom. The number of rotatable bonds is 5. The lowest BCUT2D eigenvalue weighted by molar-refractivity contribution is 0.0935. The molecule has 1 saturated carbocycles. The van der Waals surface area contributed by atoms with Crippen molar-refractivity contribution in [3.8, 4) is 5.75 Å². The number of benzene rings is 1. The van der Waals surface area contributed by atoms with E-state index >= 15 is 0 Å². The fourth-order valence-corrected chi connectivity index (χ4v) is 4.39. The van der Waals surface area contributed by atoms with Crippen LogP contribution in [0.15, 0.2) is 35.4 Å². The number of hydrogen-bond acceptors (Lipinski definition) is 5. The second-order valence-corrected chi connectivity index (χ2v) is 7.96. The molecule has 0 bridgehead atoms. The molecule has 1 atom stereocenters. The number of fused-ring (bicyclic) bond motifs is 1. The number of aromatic nitrogens is 2. The predicted octanol–water partition coefficient (Wildman–Crippen LogP) is 3.19. The van der Waals surface area contributed by atoms with Crippen molar-refractivity contribution >= 4 is 27.5 Å². The average molecular weight is 383 g/mol. The zero-order valence-corrected chi connectivity index (χ0v) is 16.3. The van der Waals surface area contributed by atoms with Crippen molar-refractivity contribution in [3.05, 3.63) is 57.0 Å². The van der Waals surface area contributed by atoms with Crippen molar-refractivity contribution in [2.75, 3.05) is 7.11 Å². The maximum absolute atomic E-state index is 13.0. The molecule has 27 heavy (non-hydrogen) atoms. The fourth-order valence-electron chi connectivity index (χ4n) is 3.35. The van der Waals surface area contributed by atoms with Gasteiger partial charge in [0.15, 0.2) is 0 Å². The smallest absolute Gasteiger partial charge is 0.262 e. The van der Waals surface area contributed by atoms with Crippen LogP contribution in [0.3, 0.4) is 0 Å².